The van der Waals surface area contributed by atoms with E-state index in [2.05, 4.69) is 31.6 Å². The quantitative estimate of drug-likeness (QED) is 0.724. The van der Waals surface area contributed by atoms with Gasteiger partial charge in [-0.3, -0.25) is 25.2 Å². The average molecular weight is 358 g/mol. The van der Waals surface area contributed by atoms with Crippen LogP contribution in [0.25, 0.3) is 0 Å². The molecule has 2 bridgehead atoms. The predicted octanol–water partition coefficient (Wildman–Crippen LogP) is 2.49. The molecule has 0 saturated heterocycles. The Morgan fingerprint density at radius 1 is 0.962 bits per heavy atom. The van der Waals surface area contributed by atoms with Crippen molar-refractivity contribution in [1.29, 1.82) is 0 Å². The summed E-state index contributed by atoms with van der Waals surface area (Å²) in [5.74, 6) is -2.75. The molecule has 0 spiro atoms. The molecule has 4 atom stereocenters. The first-order chi connectivity index (χ1) is 12.2. The molecule has 3 rings (SSSR count). The van der Waals surface area contributed by atoms with Gasteiger partial charge < -0.3 is 5.11 Å². The van der Waals surface area contributed by atoms with Crippen LogP contribution in [0, 0.1) is 23.7 Å². The van der Waals surface area contributed by atoms with Crippen LogP contribution in [0.5, 0.6) is 0 Å². The molecule has 0 unspecified atom stereocenters. The van der Waals surface area contributed by atoms with Crippen LogP contribution in [0.3, 0.4) is 0 Å². The predicted molar refractivity (Wildman–Crippen MR) is 96.2 cm³/mol. The zero-order chi connectivity index (χ0) is 19.1. The van der Waals surface area contributed by atoms with Gasteiger partial charge in [0.05, 0.1) is 11.8 Å². The molecule has 2 aliphatic carbocycles. The molecule has 6 nitrogen and oxygen atoms in total. The van der Waals surface area contributed by atoms with Crippen LogP contribution in [-0.2, 0) is 15.0 Å². The number of carbonyl (C=O) groups is 3. The molecule has 26 heavy (non-hydrogen) atoms. The second kappa shape index (κ2) is 6.74. The van der Waals surface area contributed by atoms with E-state index in [-0.39, 0.29) is 17.3 Å². The average Bonchev–Trinajstić information content (AvgIpc) is 3.19. The van der Waals surface area contributed by atoms with E-state index in [0.717, 1.165) is 24.8 Å². The van der Waals surface area contributed by atoms with Crippen LogP contribution in [0.2, 0.25) is 0 Å². The van der Waals surface area contributed by atoms with Crippen molar-refractivity contribution in [2.24, 2.45) is 23.7 Å². The van der Waals surface area contributed by atoms with E-state index >= 15 is 0 Å². The lowest BCUT2D eigenvalue weighted by atomic mass is 9.79. The van der Waals surface area contributed by atoms with E-state index in [1.165, 1.54) is 0 Å². The molecule has 0 heterocycles. The number of rotatable bonds is 3. The Hall–Kier alpha value is -2.37. The Labute approximate surface area is 153 Å². The molecule has 2 aliphatic rings. The van der Waals surface area contributed by atoms with Crippen molar-refractivity contribution in [2.75, 3.05) is 0 Å². The smallest absolute Gasteiger partial charge is 0.307 e. The van der Waals surface area contributed by atoms with Crippen LogP contribution < -0.4 is 10.9 Å². The third-order valence-electron chi connectivity index (χ3n) is 5.82. The first kappa shape index (κ1) is 18.4. The van der Waals surface area contributed by atoms with Crippen molar-refractivity contribution < 1.29 is 19.5 Å². The number of hydrogen-bond acceptors (Lipinski definition) is 3. The first-order valence-electron chi connectivity index (χ1n) is 9.12. The molecular formula is C20H26N2O4. The fourth-order valence-electron chi connectivity index (χ4n) is 4.42. The summed E-state index contributed by atoms with van der Waals surface area (Å²) in [4.78, 5) is 36.3. The monoisotopic (exact) mass is 358 g/mol. The van der Waals surface area contributed by atoms with E-state index < -0.39 is 29.6 Å². The van der Waals surface area contributed by atoms with Crippen LogP contribution >= 0.6 is 0 Å². The second-order valence-electron chi connectivity index (χ2n) is 8.49. The van der Waals surface area contributed by atoms with Crippen LogP contribution in [0.1, 0.15) is 56.0 Å². The number of hydrazine groups is 1. The van der Waals surface area contributed by atoms with Crippen molar-refractivity contribution in [3.8, 4) is 0 Å². The van der Waals surface area contributed by atoms with Gasteiger partial charge in [-0.15, -0.1) is 0 Å². The molecule has 140 valence electrons. The molecule has 0 radical (unpaired) electrons. The van der Waals surface area contributed by atoms with Gasteiger partial charge >= 0.3 is 5.97 Å². The second-order valence-corrected chi connectivity index (χ2v) is 8.49. The van der Waals surface area contributed by atoms with Gasteiger partial charge in [-0.05, 0) is 54.2 Å². The maximum absolute atomic E-state index is 12.5. The van der Waals surface area contributed by atoms with E-state index in [1.807, 2.05) is 12.1 Å². The Balaban J connectivity index is 1.61. The SMILES string of the molecule is CC(C)(C)c1ccc(C(=O)NNC(=O)[C@@H]2[C@H]3CC[C@@H](C3)[C@@H]2C(=O)O)cc1. The minimum Gasteiger partial charge on any atom is -0.481 e. The lowest BCUT2D eigenvalue weighted by Gasteiger charge is -2.27. The van der Waals surface area contributed by atoms with Gasteiger partial charge in [0.1, 0.15) is 0 Å². The largest absolute Gasteiger partial charge is 0.481 e. The van der Waals surface area contributed by atoms with Gasteiger partial charge in [0.15, 0.2) is 0 Å². The Morgan fingerprint density at radius 2 is 1.54 bits per heavy atom. The number of amides is 2. The number of aliphatic carboxylic acids is 1. The Bertz CT molecular complexity index is 720. The van der Waals surface area contributed by atoms with E-state index in [0.29, 0.717) is 5.56 Å². The van der Waals surface area contributed by atoms with Crippen molar-refractivity contribution in [2.45, 2.75) is 45.4 Å². The van der Waals surface area contributed by atoms with Crippen molar-refractivity contribution in [3.05, 3.63) is 35.4 Å². The number of benzene rings is 1. The summed E-state index contributed by atoms with van der Waals surface area (Å²) in [6.07, 6.45) is 2.55. The number of hydrogen-bond donors (Lipinski definition) is 3. The van der Waals surface area contributed by atoms with Gasteiger partial charge in [0.2, 0.25) is 5.91 Å². The molecule has 6 heteroatoms. The zero-order valence-electron chi connectivity index (χ0n) is 15.4. The third kappa shape index (κ3) is 3.45. The Kier molecular flexibility index (Phi) is 4.78. The molecule has 3 N–H and O–H groups in total. The summed E-state index contributed by atoms with van der Waals surface area (Å²) < 4.78 is 0. The topological polar surface area (TPSA) is 95.5 Å². The van der Waals surface area contributed by atoms with Crippen LogP contribution in [-0.4, -0.2) is 22.9 Å². The summed E-state index contributed by atoms with van der Waals surface area (Å²) in [5, 5.41) is 9.43. The minimum absolute atomic E-state index is 0.00312. The molecule has 1 aromatic rings. The summed E-state index contributed by atoms with van der Waals surface area (Å²) in [6.45, 7) is 6.28. The van der Waals surface area contributed by atoms with Crippen LogP contribution in [0.15, 0.2) is 24.3 Å². The Morgan fingerprint density at radius 3 is 2.08 bits per heavy atom. The highest BCUT2D eigenvalue weighted by molar-refractivity contribution is 5.96. The lowest BCUT2D eigenvalue weighted by Crippen LogP contribution is -2.48. The van der Waals surface area contributed by atoms with Crippen molar-refractivity contribution in [1.82, 2.24) is 10.9 Å². The molecule has 2 fully saturated rings. The van der Waals surface area contributed by atoms with Crippen molar-refractivity contribution in [3.63, 3.8) is 0 Å². The van der Waals surface area contributed by atoms with Gasteiger partial charge in [0, 0.05) is 5.56 Å². The highest BCUT2D eigenvalue weighted by Crippen LogP contribution is 2.52. The summed E-state index contributed by atoms with van der Waals surface area (Å²) in [5.41, 5.74) is 6.41. The van der Waals surface area contributed by atoms with E-state index in [4.69, 9.17) is 0 Å². The number of carboxylic acids is 1. The molecule has 2 saturated carbocycles. The summed E-state index contributed by atoms with van der Waals surface area (Å²) >= 11 is 0. The minimum atomic E-state index is -0.915. The number of nitrogens with one attached hydrogen (secondary N) is 2. The third-order valence-corrected chi connectivity index (χ3v) is 5.82. The van der Waals surface area contributed by atoms with Gasteiger partial charge in [-0.1, -0.05) is 32.9 Å². The molecule has 0 aliphatic heterocycles. The standard InChI is InChI=1S/C20H26N2O4/c1-20(2,3)14-8-6-11(7-9-14)17(23)21-22-18(24)15-12-4-5-13(10-12)16(15)19(25)26/h6-9,12-13,15-16H,4-5,10H2,1-3H3,(H,21,23)(H,22,24)(H,25,26)/t12-,13-,15+,16-/m0/s1. The normalized spacial score (nSPS) is 27.2. The lowest BCUT2D eigenvalue weighted by molar-refractivity contribution is -0.149. The number of carbonyl (C=O) groups excluding carboxylic acids is 2. The van der Waals surface area contributed by atoms with E-state index in [9.17, 15) is 19.5 Å². The maximum Gasteiger partial charge on any atom is 0.307 e. The van der Waals surface area contributed by atoms with Gasteiger partial charge in [0.25, 0.3) is 5.91 Å². The fourth-order valence-corrected chi connectivity index (χ4v) is 4.42. The zero-order valence-corrected chi connectivity index (χ0v) is 15.4. The van der Waals surface area contributed by atoms with E-state index in [1.54, 1.807) is 12.1 Å². The molecule has 2 amide bonds. The molecule has 1 aromatic carbocycles. The number of carboxylic acid groups (broad SMARTS) is 1. The van der Waals surface area contributed by atoms with Crippen molar-refractivity contribution >= 4 is 17.8 Å². The highest BCUT2D eigenvalue weighted by atomic mass is 16.4. The number of fused-ring (bicyclic) bond motifs is 2. The van der Waals surface area contributed by atoms with Gasteiger partial charge in [-0.2, -0.15) is 0 Å². The van der Waals surface area contributed by atoms with Gasteiger partial charge in [-0.25, -0.2) is 0 Å². The fraction of sp³-hybridized carbons (Fsp3) is 0.550. The first-order valence-corrected chi connectivity index (χ1v) is 9.12. The summed E-state index contributed by atoms with van der Waals surface area (Å²) in [7, 11) is 0. The molecule has 0 aromatic heterocycles. The summed E-state index contributed by atoms with van der Waals surface area (Å²) in [6, 6.07) is 7.24. The maximum atomic E-state index is 12.5. The van der Waals surface area contributed by atoms with Crippen LogP contribution in [0.4, 0.5) is 0 Å². The highest BCUT2D eigenvalue weighted by Gasteiger charge is 2.54. The molecular weight excluding hydrogens is 332 g/mol.